The second kappa shape index (κ2) is 5.74. The molecule has 2 heterocycles. The largest absolute Gasteiger partial charge is 0.323 e. The molecule has 0 bridgehead atoms. The van der Waals surface area contributed by atoms with Crippen molar-refractivity contribution in [2.45, 2.75) is 46.2 Å². The van der Waals surface area contributed by atoms with Crippen molar-refractivity contribution >= 4 is 5.52 Å². The van der Waals surface area contributed by atoms with Gasteiger partial charge in [0.1, 0.15) is 5.82 Å². The van der Waals surface area contributed by atoms with E-state index in [1.807, 2.05) is 10.6 Å². The van der Waals surface area contributed by atoms with E-state index in [0.717, 1.165) is 18.5 Å². The van der Waals surface area contributed by atoms with Crippen molar-refractivity contribution in [3.63, 3.8) is 0 Å². The third kappa shape index (κ3) is 3.16. The lowest BCUT2D eigenvalue weighted by Gasteiger charge is -2.30. The van der Waals surface area contributed by atoms with Crippen LogP contribution in [0.15, 0.2) is 30.6 Å². The second-order valence-corrected chi connectivity index (χ2v) is 5.65. The summed E-state index contributed by atoms with van der Waals surface area (Å²) >= 11 is 0. The highest BCUT2D eigenvalue weighted by Gasteiger charge is 2.14. The van der Waals surface area contributed by atoms with Gasteiger partial charge in [0.05, 0.1) is 5.52 Å². The van der Waals surface area contributed by atoms with Crippen LogP contribution in [-0.4, -0.2) is 27.9 Å². The smallest absolute Gasteiger partial charge is 0.126 e. The number of pyridine rings is 1. The minimum absolute atomic E-state index is 0.169. The second-order valence-electron chi connectivity index (χ2n) is 5.65. The van der Waals surface area contributed by atoms with Crippen LogP contribution >= 0.6 is 0 Å². The first-order valence-electron chi connectivity index (χ1n) is 7.00. The van der Waals surface area contributed by atoms with E-state index in [2.05, 4.69) is 38.7 Å². The Labute approximate surface area is 114 Å². The van der Waals surface area contributed by atoms with Crippen LogP contribution in [0.25, 0.3) is 5.52 Å². The minimum Gasteiger partial charge on any atom is -0.323 e. The maximum Gasteiger partial charge on any atom is 0.126 e. The maximum atomic E-state index is 13.3. The standard InChI is InChI=1S/C16H23FN2/c1-12(2)19(13(3)4)10-6-14-5-8-18-9-7-15(17)11-16(14)18/h5,7-9,11-13H,6,10H2,1-4H3. The zero-order valence-corrected chi connectivity index (χ0v) is 12.2. The van der Waals surface area contributed by atoms with Crippen molar-refractivity contribution in [2.24, 2.45) is 0 Å². The van der Waals surface area contributed by atoms with Crippen molar-refractivity contribution in [3.05, 3.63) is 42.0 Å². The topological polar surface area (TPSA) is 7.65 Å². The number of nitrogens with zero attached hydrogens (tertiary/aromatic N) is 2. The van der Waals surface area contributed by atoms with Crippen molar-refractivity contribution in [3.8, 4) is 0 Å². The van der Waals surface area contributed by atoms with E-state index in [9.17, 15) is 4.39 Å². The van der Waals surface area contributed by atoms with Crippen molar-refractivity contribution in [2.75, 3.05) is 6.54 Å². The van der Waals surface area contributed by atoms with Gasteiger partial charge in [-0.1, -0.05) is 0 Å². The predicted molar refractivity (Wildman–Crippen MR) is 78.0 cm³/mol. The predicted octanol–water partition coefficient (Wildman–Crippen LogP) is 3.74. The van der Waals surface area contributed by atoms with Crippen LogP contribution in [-0.2, 0) is 6.42 Å². The normalized spacial score (nSPS) is 12.2. The molecule has 2 nitrogen and oxygen atoms in total. The molecule has 0 amide bonds. The average molecular weight is 262 g/mol. The first-order chi connectivity index (χ1) is 8.99. The van der Waals surface area contributed by atoms with Gasteiger partial charge in [0.15, 0.2) is 0 Å². The lowest BCUT2D eigenvalue weighted by Crippen LogP contribution is -2.38. The van der Waals surface area contributed by atoms with E-state index < -0.39 is 0 Å². The zero-order chi connectivity index (χ0) is 14.0. The highest BCUT2D eigenvalue weighted by atomic mass is 19.1. The van der Waals surface area contributed by atoms with Gasteiger partial charge in [0.2, 0.25) is 0 Å². The summed E-state index contributed by atoms with van der Waals surface area (Å²) in [6.07, 6.45) is 4.73. The molecule has 0 unspecified atom stereocenters. The molecular formula is C16H23FN2. The van der Waals surface area contributed by atoms with Gasteiger partial charge in [-0.15, -0.1) is 0 Å². The lowest BCUT2D eigenvalue weighted by atomic mass is 10.1. The molecule has 0 aromatic carbocycles. The van der Waals surface area contributed by atoms with E-state index in [1.54, 1.807) is 12.3 Å². The van der Waals surface area contributed by atoms with Gasteiger partial charge in [-0.2, -0.15) is 0 Å². The molecule has 19 heavy (non-hydrogen) atoms. The summed E-state index contributed by atoms with van der Waals surface area (Å²) in [5.74, 6) is -0.169. The van der Waals surface area contributed by atoms with E-state index in [4.69, 9.17) is 0 Å². The molecule has 0 atom stereocenters. The molecule has 0 aliphatic carbocycles. The van der Waals surface area contributed by atoms with Crippen LogP contribution in [0.1, 0.15) is 33.3 Å². The molecule has 0 saturated carbocycles. The third-order valence-electron chi connectivity index (χ3n) is 3.68. The number of fused-ring (bicyclic) bond motifs is 1. The lowest BCUT2D eigenvalue weighted by molar-refractivity contribution is 0.177. The van der Waals surface area contributed by atoms with Crippen LogP contribution in [0.2, 0.25) is 0 Å². The molecule has 2 aromatic rings. The van der Waals surface area contributed by atoms with Crippen LogP contribution in [0, 0.1) is 5.82 Å². The van der Waals surface area contributed by atoms with Crippen LogP contribution in [0.4, 0.5) is 4.39 Å². The monoisotopic (exact) mass is 262 g/mol. The fourth-order valence-electron chi connectivity index (χ4n) is 2.70. The SMILES string of the molecule is CC(C)N(CCc1ccn2ccc(F)cc12)C(C)C. The Morgan fingerprint density at radius 1 is 1.11 bits per heavy atom. The molecule has 2 rings (SSSR count). The molecule has 2 aromatic heterocycles. The Balaban J connectivity index is 2.15. The number of aromatic nitrogens is 1. The summed E-state index contributed by atoms with van der Waals surface area (Å²) in [6.45, 7) is 9.88. The van der Waals surface area contributed by atoms with Gasteiger partial charge in [-0.3, -0.25) is 4.90 Å². The number of hydrogen-bond donors (Lipinski definition) is 0. The molecule has 0 radical (unpaired) electrons. The van der Waals surface area contributed by atoms with Gasteiger partial charge >= 0.3 is 0 Å². The molecule has 0 spiro atoms. The summed E-state index contributed by atoms with van der Waals surface area (Å²) in [6, 6.07) is 6.26. The van der Waals surface area contributed by atoms with Gasteiger partial charge in [-0.25, -0.2) is 4.39 Å². The average Bonchev–Trinajstić information content (AvgIpc) is 2.71. The van der Waals surface area contributed by atoms with Crippen molar-refractivity contribution < 1.29 is 4.39 Å². The molecule has 0 N–H and O–H groups in total. The van der Waals surface area contributed by atoms with Gasteiger partial charge in [0, 0.05) is 31.0 Å². The highest BCUT2D eigenvalue weighted by molar-refractivity contribution is 5.55. The van der Waals surface area contributed by atoms with E-state index >= 15 is 0 Å². The molecule has 0 aliphatic heterocycles. The fraction of sp³-hybridized carbons (Fsp3) is 0.500. The van der Waals surface area contributed by atoms with E-state index in [-0.39, 0.29) is 5.82 Å². The van der Waals surface area contributed by atoms with Crippen LogP contribution < -0.4 is 0 Å². The van der Waals surface area contributed by atoms with E-state index in [0.29, 0.717) is 12.1 Å². The molecule has 104 valence electrons. The summed E-state index contributed by atoms with van der Waals surface area (Å²) in [5, 5.41) is 0. The Morgan fingerprint density at radius 2 is 1.74 bits per heavy atom. The quantitative estimate of drug-likeness (QED) is 0.796. The Hall–Kier alpha value is -1.35. The minimum atomic E-state index is -0.169. The number of halogens is 1. The van der Waals surface area contributed by atoms with Gasteiger partial charge < -0.3 is 4.40 Å². The Kier molecular flexibility index (Phi) is 4.25. The van der Waals surface area contributed by atoms with Crippen molar-refractivity contribution in [1.29, 1.82) is 0 Å². The fourth-order valence-corrected chi connectivity index (χ4v) is 2.70. The highest BCUT2D eigenvalue weighted by Crippen LogP contribution is 2.16. The van der Waals surface area contributed by atoms with Crippen LogP contribution in [0.5, 0.6) is 0 Å². The molecule has 3 heteroatoms. The molecule has 0 saturated heterocycles. The molecule has 0 aliphatic rings. The Bertz CT molecular complexity index is 535. The first-order valence-corrected chi connectivity index (χ1v) is 7.00. The molecule has 0 fully saturated rings. The van der Waals surface area contributed by atoms with Crippen molar-refractivity contribution in [1.82, 2.24) is 9.30 Å². The number of hydrogen-bond acceptors (Lipinski definition) is 1. The summed E-state index contributed by atoms with van der Waals surface area (Å²) in [5.41, 5.74) is 2.19. The summed E-state index contributed by atoms with van der Waals surface area (Å²) < 4.78 is 15.3. The van der Waals surface area contributed by atoms with Crippen LogP contribution in [0.3, 0.4) is 0 Å². The summed E-state index contributed by atoms with van der Waals surface area (Å²) in [7, 11) is 0. The van der Waals surface area contributed by atoms with Gasteiger partial charge in [-0.05, 0) is 57.9 Å². The van der Waals surface area contributed by atoms with Gasteiger partial charge in [0.25, 0.3) is 0 Å². The third-order valence-corrected chi connectivity index (χ3v) is 3.68. The summed E-state index contributed by atoms with van der Waals surface area (Å²) in [4.78, 5) is 2.46. The Morgan fingerprint density at radius 3 is 2.37 bits per heavy atom. The maximum absolute atomic E-state index is 13.3. The first kappa shape index (κ1) is 14.1. The number of rotatable bonds is 5. The zero-order valence-electron chi connectivity index (χ0n) is 12.2. The van der Waals surface area contributed by atoms with E-state index in [1.165, 1.54) is 11.6 Å². The molecular weight excluding hydrogens is 239 g/mol.